The Kier molecular flexibility index (Phi) is 6.46. The Morgan fingerprint density at radius 1 is 0.943 bits per heavy atom. The van der Waals surface area contributed by atoms with Crippen molar-refractivity contribution in [3.63, 3.8) is 0 Å². The first-order valence-corrected chi connectivity index (χ1v) is 11.4. The van der Waals surface area contributed by atoms with Crippen molar-refractivity contribution in [1.82, 2.24) is 9.13 Å². The van der Waals surface area contributed by atoms with E-state index in [-0.39, 0.29) is 22.8 Å². The van der Waals surface area contributed by atoms with Gasteiger partial charge in [0.05, 0.1) is 5.69 Å². The zero-order chi connectivity index (χ0) is 26.5. The van der Waals surface area contributed by atoms with Crippen molar-refractivity contribution in [1.29, 1.82) is 0 Å². The van der Waals surface area contributed by atoms with Crippen molar-refractivity contribution in [3.05, 3.63) is 79.5 Å². The lowest BCUT2D eigenvalue weighted by Gasteiger charge is -2.28. The minimum Gasteiger partial charge on any atom is -0.507 e. The van der Waals surface area contributed by atoms with E-state index in [0.717, 1.165) is 10.1 Å². The summed E-state index contributed by atoms with van der Waals surface area (Å²) in [6.45, 7) is 13.6. The van der Waals surface area contributed by atoms with Gasteiger partial charge in [-0.2, -0.15) is 0 Å². The fourth-order valence-electron chi connectivity index (χ4n) is 3.88. The van der Waals surface area contributed by atoms with Crippen LogP contribution in [0.5, 0.6) is 5.75 Å². The van der Waals surface area contributed by atoms with E-state index in [1.165, 1.54) is 11.6 Å². The van der Waals surface area contributed by atoms with Crippen LogP contribution in [0.1, 0.15) is 68.6 Å². The molecule has 35 heavy (non-hydrogen) atoms. The highest BCUT2D eigenvalue weighted by Crippen LogP contribution is 2.40. The molecule has 0 radical (unpaired) electrons. The standard InChI is InChI=1S/C27H34N4O4/c1-15-9-11-17(12-10-15)31-22(28)20(24(34)30(8)25(31)35)29-23(33)16-13-18(26(2,3)4)21(32)19(14-16)27(5,6)7/h9-14,32H,28H2,1-8H3,(H,29,33). The lowest BCUT2D eigenvalue weighted by molar-refractivity contribution is 0.102. The van der Waals surface area contributed by atoms with Gasteiger partial charge in [-0.25, -0.2) is 9.36 Å². The third-order valence-electron chi connectivity index (χ3n) is 6.01. The number of anilines is 2. The number of hydrogen-bond acceptors (Lipinski definition) is 5. The molecule has 0 saturated carbocycles. The summed E-state index contributed by atoms with van der Waals surface area (Å²) in [7, 11) is 1.33. The number of nitrogen functional groups attached to an aromatic ring is 1. The molecule has 0 spiro atoms. The Bertz CT molecular complexity index is 1380. The number of carbonyl (C=O) groups excluding carboxylic acids is 1. The van der Waals surface area contributed by atoms with Gasteiger partial charge in [-0.05, 0) is 42.0 Å². The molecule has 0 aliphatic carbocycles. The highest BCUT2D eigenvalue weighted by molar-refractivity contribution is 6.06. The molecular formula is C27H34N4O4. The number of aryl methyl sites for hydroxylation is 1. The molecule has 0 saturated heterocycles. The first-order valence-electron chi connectivity index (χ1n) is 11.4. The smallest absolute Gasteiger partial charge is 0.337 e. The van der Waals surface area contributed by atoms with Crippen molar-refractivity contribution in [3.8, 4) is 11.4 Å². The minimum atomic E-state index is -0.713. The fourth-order valence-corrected chi connectivity index (χ4v) is 3.88. The number of nitrogens with two attached hydrogens (primary N) is 1. The van der Waals surface area contributed by atoms with Crippen molar-refractivity contribution in [2.75, 3.05) is 11.1 Å². The highest BCUT2D eigenvalue weighted by atomic mass is 16.3. The molecule has 1 aromatic heterocycles. The number of hydrogen-bond donors (Lipinski definition) is 3. The summed E-state index contributed by atoms with van der Waals surface area (Å²) in [4.78, 5) is 39.2. The first-order chi connectivity index (χ1) is 16.0. The molecule has 1 heterocycles. The third kappa shape index (κ3) is 4.87. The molecule has 3 rings (SSSR count). The zero-order valence-corrected chi connectivity index (χ0v) is 21.6. The van der Waals surface area contributed by atoms with Crippen molar-refractivity contribution < 1.29 is 9.90 Å². The maximum Gasteiger partial charge on any atom is 0.337 e. The van der Waals surface area contributed by atoms with Crippen LogP contribution < -0.4 is 22.3 Å². The number of nitrogens with zero attached hydrogens (tertiary/aromatic N) is 2. The first kappa shape index (κ1) is 25.8. The van der Waals surface area contributed by atoms with E-state index in [0.29, 0.717) is 16.8 Å². The number of amides is 1. The van der Waals surface area contributed by atoms with Crippen LogP contribution in [0.25, 0.3) is 5.69 Å². The van der Waals surface area contributed by atoms with Crippen LogP contribution in [-0.4, -0.2) is 20.1 Å². The van der Waals surface area contributed by atoms with Crippen molar-refractivity contribution in [2.24, 2.45) is 7.05 Å². The molecule has 4 N–H and O–H groups in total. The summed E-state index contributed by atoms with van der Waals surface area (Å²) in [6.07, 6.45) is 0. The summed E-state index contributed by atoms with van der Waals surface area (Å²) in [5.41, 5.74) is 6.83. The average molecular weight is 479 g/mol. The molecule has 186 valence electrons. The van der Waals surface area contributed by atoms with E-state index in [1.54, 1.807) is 24.3 Å². The second-order valence-corrected chi connectivity index (χ2v) is 11.0. The van der Waals surface area contributed by atoms with Gasteiger partial charge < -0.3 is 16.2 Å². The molecule has 8 heteroatoms. The van der Waals surface area contributed by atoms with E-state index < -0.39 is 28.0 Å². The Balaban J connectivity index is 2.19. The monoisotopic (exact) mass is 478 g/mol. The number of aromatic hydroxyl groups is 1. The molecule has 0 unspecified atom stereocenters. The average Bonchev–Trinajstić information content (AvgIpc) is 2.75. The number of phenols is 1. The quantitative estimate of drug-likeness (QED) is 0.526. The van der Waals surface area contributed by atoms with E-state index in [1.807, 2.05) is 60.6 Å². The van der Waals surface area contributed by atoms with Crippen molar-refractivity contribution in [2.45, 2.75) is 59.3 Å². The SMILES string of the molecule is Cc1ccc(-n2c(N)c(NC(=O)c3cc(C(C)(C)C)c(O)c(C(C)(C)C)c3)c(=O)n(C)c2=O)cc1. The molecule has 0 atom stereocenters. The van der Waals surface area contributed by atoms with Crippen LogP contribution >= 0.6 is 0 Å². The van der Waals surface area contributed by atoms with E-state index in [4.69, 9.17) is 5.73 Å². The summed E-state index contributed by atoms with van der Waals surface area (Å²) in [5.74, 6) is -0.593. The zero-order valence-electron chi connectivity index (χ0n) is 21.6. The van der Waals surface area contributed by atoms with Crippen LogP contribution in [0.4, 0.5) is 11.5 Å². The van der Waals surface area contributed by atoms with Gasteiger partial charge in [0.15, 0.2) is 0 Å². The largest absolute Gasteiger partial charge is 0.507 e. The Morgan fingerprint density at radius 2 is 1.43 bits per heavy atom. The normalized spacial score (nSPS) is 12.0. The van der Waals surface area contributed by atoms with Crippen LogP contribution in [-0.2, 0) is 17.9 Å². The summed E-state index contributed by atoms with van der Waals surface area (Å²) in [5, 5.41) is 13.6. The Morgan fingerprint density at radius 3 is 1.89 bits per heavy atom. The van der Waals surface area contributed by atoms with Gasteiger partial charge in [-0.15, -0.1) is 0 Å². The number of rotatable bonds is 3. The van der Waals surface area contributed by atoms with Gasteiger partial charge in [0, 0.05) is 23.7 Å². The van der Waals surface area contributed by atoms with Gasteiger partial charge in [-0.3, -0.25) is 14.2 Å². The Labute approximate surface area is 205 Å². The van der Waals surface area contributed by atoms with Gasteiger partial charge in [-0.1, -0.05) is 59.2 Å². The topological polar surface area (TPSA) is 119 Å². The number of nitrogens with one attached hydrogen (secondary N) is 1. The maximum absolute atomic E-state index is 13.4. The molecule has 2 aromatic carbocycles. The van der Waals surface area contributed by atoms with Crippen molar-refractivity contribution >= 4 is 17.4 Å². The second-order valence-electron chi connectivity index (χ2n) is 11.0. The molecule has 1 amide bonds. The van der Waals surface area contributed by atoms with Gasteiger partial charge >= 0.3 is 5.69 Å². The number of carbonyl (C=O) groups is 1. The molecular weight excluding hydrogens is 444 g/mol. The maximum atomic E-state index is 13.4. The highest BCUT2D eigenvalue weighted by Gasteiger charge is 2.28. The lowest BCUT2D eigenvalue weighted by atomic mass is 9.78. The molecule has 8 nitrogen and oxygen atoms in total. The van der Waals surface area contributed by atoms with E-state index >= 15 is 0 Å². The number of phenolic OH excluding ortho intramolecular Hbond substituents is 1. The number of aromatic nitrogens is 2. The summed E-state index contributed by atoms with van der Waals surface area (Å²) < 4.78 is 2.10. The predicted octanol–water partition coefficient (Wildman–Crippen LogP) is 3.98. The van der Waals surface area contributed by atoms with Gasteiger partial charge in [0.2, 0.25) is 0 Å². The summed E-state index contributed by atoms with van der Waals surface area (Å²) >= 11 is 0. The van der Waals surface area contributed by atoms with E-state index in [9.17, 15) is 19.5 Å². The van der Waals surface area contributed by atoms with Gasteiger partial charge in [0.1, 0.15) is 17.3 Å². The van der Waals surface area contributed by atoms with Crippen LogP contribution in [0.3, 0.4) is 0 Å². The van der Waals surface area contributed by atoms with Crippen LogP contribution in [0.2, 0.25) is 0 Å². The molecule has 0 aliphatic heterocycles. The third-order valence-corrected chi connectivity index (χ3v) is 6.01. The molecule has 0 aliphatic rings. The summed E-state index contributed by atoms with van der Waals surface area (Å²) in [6, 6.07) is 10.3. The molecule has 3 aromatic rings. The Hall–Kier alpha value is -3.81. The second kappa shape index (κ2) is 8.76. The van der Waals surface area contributed by atoms with Crippen LogP contribution in [0.15, 0.2) is 46.0 Å². The predicted molar refractivity (Wildman–Crippen MR) is 140 cm³/mol. The minimum absolute atomic E-state index is 0.143. The number of benzene rings is 2. The van der Waals surface area contributed by atoms with E-state index in [2.05, 4.69) is 5.32 Å². The van der Waals surface area contributed by atoms with Crippen LogP contribution in [0, 0.1) is 6.92 Å². The fraction of sp³-hybridized carbons (Fsp3) is 0.370. The molecule has 0 bridgehead atoms. The lowest BCUT2D eigenvalue weighted by Crippen LogP contribution is -2.40. The van der Waals surface area contributed by atoms with Gasteiger partial charge in [0.25, 0.3) is 11.5 Å². The molecule has 0 fully saturated rings.